The van der Waals surface area contributed by atoms with E-state index in [1.165, 1.54) is 0 Å². The number of morpholine rings is 1. The van der Waals surface area contributed by atoms with E-state index >= 15 is 0 Å². The van der Waals surface area contributed by atoms with Gasteiger partial charge in [-0.2, -0.15) is 0 Å². The molecule has 0 unspecified atom stereocenters. The standard InChI is InChI=1S/C19H24N4O2/c20-17-4-2-1-3-16(17)5-6-19(24)22-14-15-7-8-21-18(13-15)23-9-11-25-12-10-23/h1-4,7-8,13H,5-6,9-12,14,20H2,(H,22,24). The fourth-order valence-electron chi connectivity index (χ4n) is 2.84. The SMILES string of the molecule is Nc1ccccc1CCC(=O)NCc1ccnc(N2CCOCC2)c1. The summed E-state index contributed by atoms with van der Waals surface area (Å²) in [5.74, 6) is 0.958. The molecule has 1 aromatic heterocycles. The van der Waals surface area contributed by atoms with E-state index < -0.39 is 0 Å². The van der Waals surface area contributed by atoms with Crippen molar-refractivity contribution in [2.45, 2.75) is 19.4 Å². The largest absolute Gasteiger partial charge is 0.399 e. The van der Waals surface area contributed by atoms with Gasteiger partial charge in [-0.25, -0.2) is 4.98 Å². The number of aryl methyl sites for hydroxylation is 1. The van der Waals surface area contributed by atoms with E-state index in [-0.39, 0.29) is 5.91 Å². The predicted molar refractivity (Wildman–Crippen MR) is 98.3 cm³/mol. The molecule has 2 aromatic rings. The summed E-state index contributed by atoms with van der Waals surface area (Å²) < 4.78 is 5.37. The highest BCUT2D eigenvalue weighted by Gasteiger charge is 2.12. The van der Waals surface area contributed by atoms with Gasteiger partial charge >= 0.3 is 0 Å². The number of para-hydroxylation sites is 1. The lowest BCUT2D eigenvalue weighted by molar-refractivity contribution is -0.121. The molecule has 0 aliphatic carbocycles. The lowest BCUT2D eigenvalue weighted by Crippen LogP contribution is -2.36. The highest BCUT2D eigenvalue weighted by atomic mass is 16.5. The first-order valence-electron chi connectivity index (χ1n) is 8.60. The molecule has 132 valence electrons. The van der Waals surface area contributed by atoms with Gasteiger partial charge in [0.05, 0.1) is 13.2 Å². The number of aromatic nitrogens is 1. The summed E-state index contributed by atoms with van der Waals surface area (Å²) in [6.07, 6.45) is 2.86. The molecule has 3 N–H and O–H groups in total. The van der Waals surface area contributed by atoms with Crippen molar-refractivity contribution >= 4 is 17.4 Å². The monoisotopic (exact) mass is 340 g/mol. The first kappa shape index (κ1) is 17.2. The summed E-state index contributed by atoms with van der Waals surface area (Å²) in [7, 11) is 0. The molecule has 1 fully saturated rings. The molecule has 2 heterocycles. The van der Waals surface area contributed by atoms with E-state index in [0.717, 1.165) is 48.9 Å². The van der Waals surface area contributed by atoms with Gasteiger partial charge < -0.3 is 20.7 Å². The van der Waals surface area contributed by atoms with Crippen LogP contribution in [0.4, 0.5) is 11.5 Å². The van der Waals surface area contributed by atoms with E-state index in [2.05, 4.69) is 15.2 Å². The highest BCUT2D eigenvalue weighted by Crippen LogP contribution is 2.15. The second-order valence-corrected chi connectivity index (χ2v) is 6.10. The van der Waals surface area contributed by atoms with Gasteiger partial charge in [-0.1, -0.05) is 18.2 Å². The third-order valence-electron chi connectivity index (χ3n) is 4.31. The Hall–Kier alpha value is -2.60. The summed E-state index contributed by atoms with van der Waals surface area (Å²) in [5.41, 5.74) is 8.70. The molecular formula is C19H24N4O2. The number of nitrogens with zero attached hydrogens (tertiary/aromatic N) is 2. The van der Waals surface area contributed by atoms with Gasteiger partial charge in [-0.15, -0.1) is 0 Å². The van der Waals surface area contributed by atoms with Crippen LogP contribution in [0.2, 0.25) is 0 Å². The molecule has 1 saturated heterocycles. The topological polar surface area (TPSA) is 80.5 Å². The van der Waals surface area contributed by atoms with Crippen LogP contribution in [0.25, 0.3) is 0 Å². The van der Waals surface area contributed by atoms with E-state index in [9.17, 15) is 4.79 Å². The van der Waals surface area contributed by atoms with Gasteiger partial charge in [-0.05, 0) is 35.7 Å². The van der Waals surface area contributed by atoms with Crippen molar-refractivity contribution in [1.82, 2.24) is 10.3 Å². The Kier molecular flexibility index (Phi) is 5.85. The van der Waals surface area contributed by atoms with Crippen molar-refractivity contribution in [2.75, 3.05) is 36.9 Å². The quantitative estimate of drug-likeness (QED) is 0.783. The summed E-state index contributed by atoms with van der Waals surface area (Å²) in [6.45, 7) is 3.65. The predicted octanol–water partition coefficient (Wildman–Crippen LogP) is 1.75. The number of rotatable bonds is 6. The number of hydrogen-bond acceptors (Lipinski definition) is 5. The second-order valence-electron chi connectivity index (χ2n) is 6.10. The molecule has 1 aliphatic heterocycles. The number of nitrogens with one attached hydrogen (secondary N) is 1. The van der Waals surface area contributed by atoms with E-state index in [1.54, 1.807) is 6.20 Å². The van der Waals surface area contributed by atoms with Crippen LogP contribution in [-0.4, -0.2) is 37.2 Å². The summed E-state index contributed by atoms with van der Waals surface area (Å²) in [6, 6.07) is 11.6. The molecule has 3 rings (SSSR count). The number of hydrogen-bond donors (Lipinski definition) is 2. The molecule has 1 aromatic carbocycles. The number of carbonyl (C=O) groups is 1. The van der Waals surface area contributed by atoms with Crippen LogP contribution < -0.4 is 16.0 Å². The van der Waals surface area contributed by atoms with Crippen LogP contribution in [0.3, 0.4) is 0 Å². The number of amides is 1. The van der Waals surface area contributed by atoms with Gasteiger partial charge in [0.15, 0.2) is 0 Å². The lowest BCUT2D eigenvalue weighted by Gasteiger charge is -2.28. The molecule has 1 amide bonds. The van der Waals surface area contributed by atoms with Crippen molar-refractivity contribution in [3.8, 4) is 0 Å². The molecule has 0 spiro atoms. The zero-order chi connectivity index (χ0) is 17.5. The third-order valence-corrected chi connectivity index (χ3v) is 4.31. The van der Waals surface area contributed by atoms with Crippen LogP contribution in [0, 0.1) is 0 Å². The zero-order valence-electron chi connectivity index (χ0n) is 14.3. The normalized spacial score (nSPS) is 14.3. The van der Waals surface area contributed by atoms with Crippen molar-refractivity contribution < 1.29 is 9.53 Å². The van der Waals surface area contributed by atoms with E-state index in [0.29, 0.717) is 19.4 Å². The molecular weight excluding hydrogens is 316 g/mol. The smallest absolute Gasteiger partial charge is 0.220 e. The Morgan fingerprint density at radius 3 is 2.84 bits per heavy atom. The van der Waals surface area contributed by atoms with Crippen LogP contribution in [0.1, 0.15) is 17.5 Å². The Labute approximate surface area is 148 Å². The molecule has 6 nitrogen and oxygen atoms in total. The van der Waals surface area contributed by atoms with Gasteiger partial charge in [-0.3, -0.25) is 4.79 Å². The molecule has 1 aliphatic rings. The van der Waals surface area contributed by atoms with Crippen LogP contribution >= 0.6 is 0 Å². The lowest BCUT2D eigenvalue weighted by atomic mass is 10.1. The molecule has 0 saturated carbocycles. The minimum absolute atomic E-state index is 0.0213. The zero-order valence-corrected chi connectivity index (χ0v) is 14.3. The van der Waals surface area contributed by atoms with Crippen LogP contribution in [-0.2, 0) is 22.5 Å². The molecule has 0 bridgehead atoms. The van der Waals surface area contributed by atoms with Gasteiger partial charge in [0.25, 0.3) is 0 Å². The second kappa shape index (κ2) is 8.48. The summed E-state index contributed by atoms with van der Waals surface area (Å²) in [5, 5.41) is 2.97. The number of ether oxygens (including phenoxy) is 1. The minimum Gasteiger partial charge on any atom is -0.399 e. The van der Waals surface area contributed by atoms with Crippen molar-refractivity contribution in [2.24, 2.45) is 0 Å². The average molecular weight is 340 g/mol. The molecule has 0 radical (unpaired) electrons. The summed E-state index contributed by atoms with van der Waals surface area (Å²) >= 11 is 0. The Balaban J connectivity index is 1.49. The maximum Gasteiger partial charge on any atom is 0.220 e. The van der Waals surface area contributed by atoms with Crippen molar-refractivity contribution in [3.05, 3.63) is 53.7 Å². The molecule has 25 heavy (non-hydrogen) atoms. The number of nitrogens with two attached hydrogens (primary N) is 1. The average Bonchev–Trinajstić information content (AvgIpc) is 2.67. The molecule has 6 heteroatoms. The third kappa shape index (κ3) is 4.93. The first-order valence-corrected chi connectivity index (χ1v) is 8.60. The van der Waals surface area contributed by atoms with Gasteiger partial charge in [0.1, 0.15) is 5.82 Å². The number of pyridine rings is 1. The van der Waals surface area contributed by atoms with Crippen LogP contribution in [0.5, 0.6) is 0 Å². The number of anilines is 2. The minimum atomic E-state index is 0.0213. The fourth-order valence-corrected chi connectivity index (χ4v) is 2.84. The van der Waals surface area contributed by atoms with E-state index in [1.807, 2.05) is 36.4 Å². The number of carbonyl (C=O) groups excluding carboxylic acids is 1. The fraction of sp³-hybridized carbons (Fsp3) is 0.368. The number of nitrogen functional groups attached to an aromatic ring is 1. The van der Waals surface area contributed by atoms with Crippen molar-refractivity contribution in [1.29, 1.82) is 0 Å². The summed E-state index contributed by atoms with van der Waals surface area (Å²) in [4.78, 5) is 18.7. The maximum absolute atomic E-state index is 12.1. The van der Waals surface area contributed by atoms with Crippen LogP contribution in [0.15, 0.2) is 42.6 Å². The highest BCUT2D eigenvalue weighted by molar-refractivity contribution is 5.76. The van der Waals surface area contributed by atoms with Gasteiger partial charge in [0.2, 0.25) is 5.91 Å². The first-order chi connectivity index (χ1) is 12.2. The molecule has 0 atom stereocenters. The Morgan fingerprint density at radius 1 is 1.24 bits per heavy atom. The van der Waals surface area contributed by atoms with E-state index in [4.69, 9.17) is 10.5 Å². The Morgan fingerprint density at radius 2 is 2.04 bits per heavy atom. The van der Waals surface area contributed by atoms with Gasteiger partial charge in [0, 0.05) is 37.9 Å². The van der Waals surface area contributed by atoms with Crippen molar-refractivity contribution in [3.63, 3.8) is 0 Å². The number of benzene rings is 1. The maximum atomic E-state index is 12.1. The Bertz CT molecular complexity index is 714.